The third-order valence-electron chi connectivity index (χ3n) is 3.40. The number of nitrogens with two attached hydrogens (primary N) is 1. The number of amides is 3. The van der Waals surface area contributed by atoms with Crippen molar-refractivity contribution in [1.29, 1.82) is 0 Å². The number of carbonyl (C=O) groups is 2. The lowest BCUT2D eigenvalue weighted by Crippen LogP contribution is -2.30. The monoisotopic (exact) mass is 359 g/mol. The Morgan fingerprint density at radius 2 is 1.92 bits per heavy atom. The predicted octanol–water partition coefficient (Wildman–Crippen LogP) is 2.98. The van der Waals surface area contributed by atoms with Gasteiger partial charge < -0.3 is 21.1 Å². The van der Waals surface area contributed by atoms with E-state index in [1.807, 2.05) is 37.3 Å². The highest BCUT2D eigenvalue weighted by Gasteiger charge is 2.14. The van der Waals surface area contributed by atoms with E-state index in [9.17, 15) is 9.59 Å². The van der Waals surface area contributed by atoms with Crippen LogP contribution in [0, 0.1) is 0 Å². The summed E-state index contributed by atoms with van der Waals surface area (Å²) in [5.41, 5.74) is 6.57. The van der Waals surface area contributed by atoms with E-state index in [1.165, 1.54) is 11.8 Å². The van der Waals surface area contributed by atoms with Crippen molar-refractivity contribution in [3.05, 3.63) is 54.1 Å². The first-order valence-electron chi connectivity index (χ1n) is 7.71. The Bertz CT molecular complexity index is 735. The van der Waals surface area contributed by atoms with Crippen molar-refractivity contribution < 1.29 is 14.3 Å². The molecule has 2 aromatic rings. The molecular weight excluding hydrogens is 338 g/mol. The fourth-order valence-corrected chi connectivity index (χ4v) is 3.04. The zero-order valence-electron chi connectivity index (χ0n) is 14.1. The minimum absolute atomic E-state index is 0.0610. The summed E-state index contributed by atoms with van der Waals surface area (Å²) in [6, 6.07) is 14.1. The number of hydrogen-bond donors (Lipinski definition) is 3. The molecule has 2 rings (SSSR count). The van der Waals surface area contributed by atoms with Crippen molar-refractivity contribution >= 4 is 29.4 Å². The summed E-state index contributed by atoms with van der Waals surface area (Å²) < 4.78 is 5.12. The van der Waals surface area contributed by atoms with Gasteiger partial charge in [-0.15, -0.1) is 11.8 Å². The normalized spacial score (nSPS) is 11.4. The van der Waals surface area contributed by atoms with Gasteiger partial charge in [0.25, 0.3) is 0 Å². The van der Waals surface area contributed by atoms with E-state index < -0.39 is 6.03 Å². The lowest BCUT2D eigenvalue weighted by Gasteiger charge is -2.13. The van der Waals surface area contributed by atoms with Crippen molar-refractivity contribution in [1.82, 2.24) is 5.32 Å². The molecule has 0 aliphatic rings. The SMILES string of the molecule is COc1ccc(S[C@H](C)C(=O)NCc2cccc(NC(N)=O)c2)cc1. The molecule has 0 saturated carbocycles. The minimum atomic E-state index is -0.620. The topological polar surface area (TPSA) is 93.4 Å². The molecule has 0 aliphatic carbocycles. The van der Waals surface area contributed by atoms with Crippen LogP contribution < -0.4 is 21.1 Å². The third-order valence-corrected chi connectivity index (χ3v) is 4.51. The molecule has 0 radical (unpaired) electrons. The second-order valence-electron chi connectivity index (χ2n) is 5.34. The molecule has 0 bridgehead atoms. The van der Waals surface area contributed by atoms with E-state index in [2.05, 4.69) is 10.6 Å². The van der Waals surface area contributed by atoms with E-state index in [-0.39, 0.29) is 11.2 Å². The number of urea groups is 1. The molecule has 2 aromatic carbocycles. The number of thioether (sulfide) groups is 1. The second kappa shape index (κ2) is 8.98. The molecule has 0 unspecified atom stereocenters. The van der Waals surface area contributed by atoms with Crippen LogP contribution in [0.4, 0.5) is 10.5 Å². The first kappa shape index (κ1) is 18.7. The van der Waals surface area contributed by atoms with E-state index in [1.54, 1.807) is 25.3 Å². The van der Waals surface area contributed by atoms with Gasteiger partial charge in [-0.25, -0.2) is 4.79 Å². The molecular formula is C18H21N3O3S. The van der Waals surface area contributed by atoms with Crippen LogP contribution in [-0.4, -0.2) is 24.3 Å². The lowest BCUT2D eigenvalue weighted by molar-refractivity contribution is -0.120. The molecule has 0 saturated heterocycles. The summed E-state index contributed by atoms with van der Waals surface area (Å²) in [6.07, 6.45) is 0. The summed E-state index contributed by atoms with van der Waals surface area (Å²) in [5.74, 6) is 0.722. The molecule has 25 heavy (non-hydrogen) atoms. The average Bonchev–Trinajstić information content (AvgIpc) is 2.60. The Hall–Kier alpha value is -2.67. The number of anilines is 1. The van der Waals surface area contributed by atoms with E-state index in [0.717, 1.165) is 16.2 Å². The smallest absolute Gasteiger partial charge is 0.316 e. The number of benzene rings is 2. The summed E-state index contributed by atoms with van der Waals surface area (Å²) in [6.45, 7) is 2.23. The molecule has 6 nitrogen and oxygen atoms in total. The molecule has 0 aromatic heterocycles. The maximum absolute atomic E-state index is 12.3. The van der Waals surface area contributed by atoms with E-state index in [0.29, 0.717) is 12.2 Å². The Labute approximate surface area is 151 Å². The zero-order valence-corrected chi connectivity index (χ0v) is 14.9. The van der Waals surface area contributed by atoms with Crippen LogP contribution in [0.3, 0.4) is 0 Å². The molecule has 132 valence electrons. The van der Waals surface area contributed by atoms with Gasteiger partial charge in [-0.2, -0.15) is 0 Å². The minimum Gasteiger partial charge on any atom is -0.497 e. The molecule has 0 heterocycles. The van der Waals surface area contributed by atoms with Crippen LogP contribution in [-0.2, 0) is 11.3 Å². The maximum Gasteiger partial charge on any atom is 0.316 e. The standard InChI is InChI=1S/C18H21N3O3S/c1-12(25-16-8-6-15(24-2)7-9-16)17(22)20-11-13-4-3-5-14(10-13)21-18(19)23/h3-10,12H,11H2,1-2H3,(H,20,22)(H3,19,21,23)/t12-/m1/s1. The summed E-state index contributed by atoms with van der Waals surface area (Å²) in [5, 5.41) is 5.17. The number of primary amides is 1. The number of carbonyl (C=O) groups excluding carboxylic acids is 2. The Morgan fingerprint density at radius 3 is 2.56 bits per heavy atom. The summed E-state index contributed by atoms with van der Waals surface area (Å²) >= 11 is 1.48. The number of methoxy groups -OCH3 is 1. The van der Waals surface area contributed by atoms with Crippen LogP contribution in [0.2, 0.25) is 0 Å². The maximum atomic E-state index is 12.3. The van der Waals surface area contributed by atoms with Gasteiger partial charge >= 0.3 is 6.03 Å². The Kier molecular flexibility index (Phi) is 6.71. The van der Waals surface area contributed by atoms with Crippen molar-refractivity contribution in [2.24, 2.45) is 5.73 Å². The molecule has 3 amide bonds. The first-order chi connectivity index (χ1) is 12.0. The van der Waals surface area contributed by atoms with Gasteiger partial charge in [-0.05, 0) is 48.9 Å². The van der Waals surface area contributed by atoms with Crippen molar-refractivity contribution in [3.63, 3.8) is 0 Å². The van der Waals surface area contributed by atoms with Crippen molar-refractivity contribution in [2.45, 2.75) is 23.6 Å². The highest BCUT2D eigenvalue weighted by molar-refractivity contribution is 8.00. The molecule has 0 fully saturated rings. The highest BCUT2D eigenvalue weighted by atomic mass is 32.2. The van der Waals surface area contributed by atoms with Gasteiger partial charge in [-0.3, -0.25) is 4.79 Å². The largest absolute Gasteiger partial charge is 0.497 e. The molecule has 7 heteroatoms. The van der Waals surface area contributed by atoms with E-state index >= 15 is 0 Å². The van der Waals surface area contributed by atoms with Gasteiger partial charge in [0.15, 0.2) is 0 Å². The molecule has 1 atom stereocenters. The molecule has 4 N–H and O–H groups in total. The van der Waals surface area contributed by atoms with Crippen LogP contribution in [0.25, 0.3) is 0 Å². The Morgan fingerprint density at radius 1 is 1.20 bits per heavy atom. The van der Waals surface area contributed by atoms with Gasteiger partial charge in [0, 0.05) is 17.1 Å². The second-order valence-corrected chi connectivity index (χ2v) is 6.76. The quantitative estimate of drug-likeness (QED) is 0.663. The average molecular weight is 359 g/mol. The van der Waals surface area contributed by atoms with Gasteiger partial charge in [-0.1, -0.05) is 12.1 Å². The van der Waals surface area contributed by atoms with Crippen molar-refractivity contribution in [2.75, 3.05) is 12.4 Å². The Balaban J connectivity index is 1.87. The van der Waals surface area contributed by atoms with Crippen LogP contribution >= 0.6 is 11.8 Å². The van der Waals surface area contributed by atoms with Crippen LogP contribution in [0.15, 0.2) is 53.4 Å². The number of nitrogens with one attached hydrogen (secondary N) is 2. The lowest BCUT2D eigenvalue weighted by atomic mass is 10.2. The fraction of sp³-hybridized carbons (Fsp3) is 0.222. The van der Waals surface area contributed by atoms with Crippen LogP contribution in [0.5, 0.6) is 5.75 Å². The van der Waals surface area contributed by atoms with Gasteiger partial charge in [0.2, 0.25) is 5.91 Å². The summed E-state index contributed by atoms with van der Waals surface area (Å²) in [7, 11) is 1.62. The number of ether oxygens (including phenoxy) is 1. The summed E-state index contributed by atoms with van der Waals surface area (Å²) in [4.78, 5) is 24.1. The van der Waals surface area contributed by atoms with Crippen molar-refractivity contribution in [3.8, 4) is 5.75 Å². The predicted molar refractivity (Wildman–Crippen MR) is 99.8 cm³/mol. The van der Waals surface area contributed by atoms with Gasteiger partial charge in [0.05, 0.1) is 12.4 Å². The fourth-order valence-electron chi connectivity index (χ4n) is 2.15. The highest BCUT2D eigenvalue weighted by Crippen LogP contribution is 2.25. The number of rotatable bonds is 7. The number of hydrogen-bond acceptors (Lipinski definition) is 4. The van der Waals surface area contributed by atoms with Gasteiger partial charge in [0.1, 0.15) is 5.75 Å². The van der Waals surface area contributed by atoms with E-state index in [4.69, 9.17) is 10.5 Å². The molecule has 0 aliphatic heterocycles. The molecule has 0 spiro atoms. The first-order valence-corrected chi connectivity index (χ1v) is 8.59. The zero-order chi connectivity index (χ0) is 18.2. The van der Waals surface area contributed by atoms with Crippen LogP contribution in [0.1, 0.15) is 12.5 Å². The third kappa shape index (κ3) is 6.04.